The molecular weight excluding hydrogens is 227 g/mol. The molecule has 4 heteroatoms. The summed E-state index contributed by atoms with van der Waals surface area (Å²) in [6.45, 7) is 0.618. The van der Waals surface area contributed by atoms with Crippen LogP contribution >= 0.6 is 28.3 Å². The van der Waals surface area contributed by atoms with E-state index in [1.165, 1.54) is 5.56 Å². The smallest absolute Gasteiger partial charge is 0.0178 e. The van der Waals surface area contributed by atoms with Gasteiger partial charge in [0, 0.05) is 11.0 Å². The Morgan fingerprint density at radius 3 is 2.00 bits per heavy atom. The first-order valence-electron chi connectivity index (χ1n) is 2.77. The van der Waals surface area contributed by atoms with Crippen molar-refractivity contribution in [1.29, 1.82) is 0 Å². The van der Waals surface area contributed by atoms with Crippen LogP contribution in [0, 0.1) is 0 Å². The Hall–Kier alpha value is -0.0900. The van der Waals surface area contributed by atoms with Gasteiger partial charge in [-0.3, -0.25) is 0 Å². The van der Waals surface area contributed by atoms with Crippen molar-refractivity contribution in [2.24, 2.45) is 5.73 Å². The van der Waals surface area contributed by atoms with E-state index in [0.717, 1.165) is 4.47 Å². The number of hydrogen-bond donors (Lipinski definition) is 2. The lowest BCUT2D eigenvalue weighted by Crippen LogP contribution is -1.94. The van der Waals surface area contributed by atoms with Crippen molar-refractivity contribution in [3.05, 3.63) is 34.3 Å². The quantitative estimate of drug-likeness (QED) is 0.791. The van der Waals surface area contributed by atoms with Crippen LogP contribution < -0.4 is 11.9 Å². The van der Waals surface area contributed by atoms with Gasteiger partial charge in [-0.05, 0) is 17.7 Å². The van der Waals surface area contributed by atoms with Crippen LogP contribution in [-0.2, 0) is 6.54 Å². The fourth-order valence-corrected chi connectivity index (χ4v) is 0.885. The molecule has 0 radical (unpaired) electrons. The maximum absolute atomic E-state index is 5.38. The lowest BCUT2D eigenvalue weighted by Gasteiger charge is -1.93. The van der Waals surface area contributed by atoms with E-state index < -0.39 is 0 Å². The molecule has 0 bridgehead atoms. The Morgan fingerprint density at radius 1 is 1.18 bits per heavy atom. The minimum absolute atomic E-state index is 0. The predicted octanol–water partition coefficient (Wildman–Crippen LogP) is 2.49. The standard InChI is InChI=1S/C7H8BrN.ClH.H3N/c8-7-3-1-6(5-9)2-4-7;;/h1-4H,5,9H2;1H;1H3. The van der Waals surface area contributed by atoms with Crippen molar-refractivity contribution in [2.75, 3.05) is 0 Å². The van der Waals surface area contributed by atoms with E-state index in [1.54, 1.807) is 0 Å². The third kappa shape index (κ3) is 4.37. The van der Waals surface area contributed by atoms with Gasteiger partial charge >= 0.3 is 0 Å². The van der Waals surface area contributed by atoms with Crippen LogP contribution in [0.25, 0.3) is 0 Å². The number of halogens is 2. The average Bonchev–Trinajstić information content (AvgIpc) is 1.90. The van der Waals surface area contributed by atoms with E-state index >= 15 is 0 Å². The maximum Gasteiger partial charge on any atom is 0.0178 e. The minimum Gasteiger partial charge on any atom is -0.344 e. The zero-order chi connectivity index (χ0) is 6.69. The highest BCUT2D eigenvalue weighted by molar-refractivity contribution is 9.10. The van der Waals surface area contributed by atoms with Crippen molar-refractivity contribution in [3.8, 4) is 0 Å². The monoisotopic (exact) mass is 238 g/mol. The molecule has 0 aliphatic rings. The Kier molecular flexibility index (Phi) is 8.11. The van der Waals surface area contributed by atoms with Crippen molar-refractivity contribution in [2.45, 2.75) is 6.54 Å². The van der Waals surface area contributed by atoms with Gasteiger partial charge in [0.25, 0.3) is 0 Å². The molecule has 0 saturated carbocycles. The fourth-order valence-electron chi connectivity index (χ4n) is 0.620. The van der Waals surface area contributed by atoms with Crippen LogP contribution in [0.2, 0.25) is 0 Å². The van der Waals surface area contributed by atoms with E-state index in [-0.39, 0.29) is 18.6 Å². The highest BCUT2D eigenvalue weighted by atomic mass is 79.9. The predicted molar refractivity (Wildman–Crippen MR) is 54.3 cm³/mol. The molecule has 0 aromatic heterocycles. The highest BCUT2D eigenvalue weighted by Gasteiger charge is 1.86. The summed E-state index contributed by atoms with van der Waals surface area (Å²) in [7, 11) is 0. The summed E-state index contributed by atoms with van der Waals surface area (Å²) < 4.78 is 1.10. The third-order valence-corrected chi connectivity index (χ3v) is 1.68. The second kappa shape index (κ2) is 6.61. The van der Waals surface area contributed by atoms with Crippen LogP contribution in [0.3, 0.4) is 0 Å². The van der Waals surface area contributed by atoms with Gasteiger partial charge in [0.05, 0.1) is 0 Å². The van der Waals surface area contributed by atoms with Crippen LogP contribution in [0.1, 0.15) is 5.56 Å². The van der Waals surface area contributed by atoms with E-state index in [1.807, 2.05) is 24.3 Å². The zero-order valence-electron chi connectivity index (χ0n) is 6.09. The van der Waals surface area contributed by atoms with Crippen molar-refractivity contribution < 1.29 is 0 Å². The van der Waals surface area contributed by atoms with Crippen molar-refractivity contribution in [1.82, 2.24) is 6.15 Å². The molecular formula is C7H12BrClN2. The molecule has 5 N–H and O–H groups in total. The topological polar surface area (TPSA) is 61.0 Å². The molecule has 1 aromatic carbocycles. The second-order valence-electron chi connectivity index (χ2n) is 1.83. The molecule has 0 amide bonds. The zero-order valence-corrected chi connectivity index (χ0v) is 8.49. The first-order chi connectivity index (χ1) is 4.33. The van der Waals surface area contributed by atoms with Gasteiger partial charge in [0.2, 0.25) is 0 Å². The molecule has 0 aliphatic heterocycles. The summed E-state index contributed by atoms with van der Waals surface area (Å²) >= 11 is 3.33. The number of nitrogens with two attached hydrogens (primary N) is 1. The number of rotatable bonds is 1. The molecule has 0 unspecified atom stereocenters. The molecule has 1 aromatic rings. The van der Waals surface area contributed by atoms with Crippen LogP contribution in [0.5, 0.6) is 0 Å². The van der Waals surface area contributed by atoms with E-state index in [9.17, 15) is 0 Å². The van der Waals surface area contributed by atoms with Gasteiger partial charge in [-0.1, -0.05) is 28.1 Å². The first kappa shape index (κ1) is 13.5. The normalized spacial score (nSPS) is 7.82. The van der Waals surface area contributed by atoms with Crippen LogP contribution in [0.15, 0.2) is 28.7 Å². The van der Waals surface area contributed by atoms with Crippen LogP contribution in [0.4, 0.5) is 0 Å². The van der Waals surface area contributed by atoms with Gasteiger partial charge in [-0.2, -0.15) is 0 Å². The minimum atomic E-state index is 0. The Labute approximate surface area is 81.3 Å². The van der Waals surface area contributed by atoms with Gasteiger partial charge in [-0.15, -0.1) is 12.4 Å². The Balaban J connectivity index is 0. The van der Waals surface area contributed by atoms with Crippen LogP contribution in [-0.4, -0.2) is 0 Å². The highest BCUT2D eigenvalue weighted by Crippen LogP contribution is 2.09. The van der Waals surface area contributed by atoms with Gasteiger partial charge in [0.15, 0.2) is 0 Å². The molecule has 2 nitrogen and oxygen atoms in total. The maximum atomic E-state index is 5.38. The average molecular weight is 240 g/mol. The largest absolute Gasteiger partial charge is 0.344 e. The SMILES string of the molecule is Cl.N.NCc1ccc(Br)cc1. The first-order valence-corrected chi connectivity index (χ1v) is 3.57. The second-order valence-corrected chi connectivity index (χ2v) is 2.75. The van der Waals surface area contributed by atoms with Gasteiger partial charge < -0.3 is 11.9 Å². The summed E-state index contributed by atoms with van der Waals surface area (Å²) in [5.41, 5.74) is 6.55. The molecule has 64 valence electrons. The van der Waals surface area contributed by atoms with Gasteiger partial charge in [0.1, 0.15) is 0 Å². The summed E-state index contributed by atoms with van der Waals surface area (Å²) in [6.07, 6.45) is 0. The van der Waals surface area contributed by atoms with E-state index in [2.05, 4.69) is 15.9 Å². The molecule has 0 fully saturated rings. The Bertz CT molecular complexity index is 188. The third-order valence-electron chi connectivity index (χ3n) is 1.15. The van der Waals surface area contributed by atoms with E-state index in [0.29, 0.717) is 6.54 Å². The molecule has 0 spiro atoms. The molecule has 0 aliphatic carbocycles. The lowest BCUT2D eigenvalue weighted by atomic mass is 10.2. The summed E-state index contributed by atoms with van der Waals surface area (Å²) in [5.74, 6) is 0. The van der Waals surface area contributed by atoms with Crippen molar-refractivity contribution >= 4 is 28.3 Å². The number of hydrogen-bond acceptors (Lipinski definition) is 2. The molecule has 0 saturated heterocycles. The Morgan fingerprint density at radius 2 is 1.64 bits per heavy atom. The molecule has 1 rings (SSSR count). The van der Waals surface area contributed by atoms with E-state index in [4.69, 9.17) is 5.73 Å². The summed E-state index contributed by atoms with van der Waals surface area (Å²) in [5, 5.41) is 0. The fraction of sp³-hybridized carbons (Fsp3) is 0.143. The molecule has 11 heavy (non-hydrogen) atoms. The number of benzene rings is 1. The summed E-state index contributed by atoms with van der Waals surface area (Å²) in [6, 6.07) is 7.98. The van der Waals surface area contributed by atoms with Crippen molar-refractivity contribution in [3.63, 3.8) is 0 Å². The lowest BCUT2D eigenvalue weighted by molar-refractivity contribution is 1.07. The molecule has 0 atom stereocenters. The summed E-state index contributed by atoms with van der Waals surface area (Å²) in [4.78, 5) is 0. The molecule has 0 heterocycles. The van der Waals surface area contributed by atoms with Gasteiger partial charge in [-0.25, -0.2) is 0 Å².